The fourth-order valence-corrected chi connectivity index (χ4v) is 5.59. The van der Waals surface area contributed by atoms with E-state index in [1.165, 1.54) is 0 Å². The SMILES string of the molecule is O=C(NCc1ccccc1)NC1(C(=O)N2CCN(c3ncnc4sccc34)CC2)CCCC1. The maximum atomic E-state index is 13.6. The number of fused-ring (bicyclic) bond motifs is 1. The molecule has 2 N–H and O–H groups in total. The average molecular weight is 465 g/mol. The predicted molar refractivity (Wildman–Crippen MR) is 129 cm³/mol. The summed E-state index contributed by atoms with van der Waals surface area (Å²) in [5, 5.41) is 9.05. The van der Waals surface area contributed by atoms with Gasteiger partial charge in [-0.15, -0.1) is 11.3 Å². The summed E-state index contributed by atoms with van der Waals surface area (Å²) in [4.78, 5) is 40.2. The Balaban J connectivity index is 1.22. The van der Waals surface area contributed by atoms with E-state index in [0.717, 1.165) is 34.4 Å². The van der Waals surface area contributed by atoms with Crippen molar-refractivity contribution in [2.75, 3.05) is 31.1 Å². The van der Waals surface area contributed by atoms with E-state index in [1.807, 2.05) is 40.6 Å². The van der Waals surface area contributed by atoms with Crippen LogP contribution in [0.4, 0.5) is 10.6 Å². The summed E-state index contributed by atoms with van der Waals surface area (Å²) in [5.41, 5.74) is 0.221. The number of amides is 3. The fraction of sp³-hybridized carbons (Fsp3) is 0.417. The summed E-state index contributed by atoms with van der Waals surface area (Å²) >= 11 is 1.61. The van der Waals surface area contributed by atoms with Gasteiger partial charge in [-0.05, 0) is 29.9 Å². The minimum absolute atomic E-state index is 0.0397. The number of carbonyl (C=O) groups excluding carboxylic acids is 2. The number of aromatic nitrogens is 2. The molecule has 2 fully saturated rings. The highest BCUT2D eigenvalue weighted by molar-refractivity contribution is 7.16. The molecule has 1 saturated heterocycles. The molecule has 5 rings (SSSR count). The third-order valence-corrected chi connectivity index (χ3v) is 7.44. The van der Waals surface area contributed by atoms with Gasteiger partial charge in [0.05, 0.1) is 5.39 Å². The topological polar surface area (TPSA) is 90.5 Å². The zero-order valence-corrected chi connectivity index (χ0v) is 19.3. The molecule has 1 saturated carbocycles. The Kier molecular flexibility index (Phi) is 6.13. The summed E-state index contributed by atoms with van der Waals surface area (Å²) in [6, 6.07) is 11.5. The lowest BCUT2D eigenvalue weighted by Gasteiger charge is -2.40. The molecule has 2 aromatic heterocycles. The first-order valence-electron chi connectivity index (χ1n) is 11.5. The molecule has 1 aliphatic heterocycles. The monoisotopic (exact) mass is 464 g/mol. The smallest absolute Gasteiger partial charge is 0.315 e. The number of benzene rings is 1. The van der Waals surface area contributed by atoms with Crippen LogP contribution >= 0.6 is 11.3 Å². The van der Waals surface area contributed by atoms with Gasteiger partial charge in [0, 0.05) is 32.7 Å². The number of hydrogen-bond donors (Lipinski definition) is 2. The van der Waals surface area contributed by atoms with E-state index in [2.05, 4.69) is 31.6 Å². The molecule has 3 aromatic rings. The highest BCUT2D eigenvalue weighted by Gasteiger charge is 2.45. The molecule has 0 spiro atoms. The van der Waals surface area contributed by atoms with Crippen LogP contribution in [-0.4, -0.2) is 58.5 Å². The van der Waals surface area contributed by atoms with Gasteiger partial charge in [0.25, 0.3) is 0 Å². The van der Waals surface area contributed by atoms with E-state index >= 15 is 0 Å². The fourth-order valence-electron chi connectivity index (χ4n) is 4.86. The molecule has 0 unspecified atom stereocenters. The van der Waals surface area contributed by atoms with Crippen LogP contribution in [0.5, 0.6) is 0 Å². The largest absolute Gasteiger partial charge is 0.352 e. The van der Waals surface area contributed by atoms with Crippen molar-refractivity contribution in [1.82, 2.24) is 25.5 Å². The van der Waals surface area contributed by atoms with Gasteiger partial charge in [0.2, 0.25) is 5.91 Å². The number of urea groups is 1. The maximum absolute atomic E-state index is 13.6. The minimum atomic E-state index is -0.807. The number of carbonyl (C=O) groups is 2. The second-order valence-electron chi connectivity index (χ2n) is 8.70. The van der Waals surface area contributed by atoms with Gasteiger partial charge in [-0.25, -0.2) is 14.8 Å². The molecule has 33 heavy (non-hydrogen) atoms. The number of thiophene rings is 1. The number of piperazine rings is 1. The van der Waals surface area contributed by atoms with E-state index in [-0.39, 0.29) is 11.9 Å². The van der Waals surface area contributed by atoms with Gasteiger partial charge in [0.1, 0.15) is 22.5 Å². The molecule has 2 aliphatic rings. The van der Waals surface area contributed by atoms with Gasteiger partial charge in [-0.1, -0.05) is 43.2 Å². The number of hydrogen-bond acceptors (Lipinski definition) is 6. The Morgan fingerprint density at radius 2 is 1.76 bits per heavy atom. The first kappa shape index (κ1) is 21.6. The van der Waals surface area contributed by atoms with Crippen LogP contribution < -0.4 is 15.5 Å². The third kappa shape index (κ3) is 4.50. The normalized spacial score (nSPS) is 17.8. The van der Waals surface area contributed by atoms with Crippen LogP contribution in [0.15, 0.2) is 48.1 Å². The van der Waals surface area contributed by atoms with Crippen LogP contribution in [0, 0.1) is 0 Å². The molecule has 3 amide bonds. The second-order valence-corrected chi connectivity index (χ2v) is 9.59. The van der Waals surface area contributed by atoms with E-state index in [1.54, 1.807) is 17.7 Å². The average Bonchev–Trinajstić information content (AvgIpc) is 3.53. The van der Waals surface area contributed by atoms with E-state index in [9.17, 15) is 9.59 Å². The molecule has 0 radical (unpaired) electrons. The lowest BCUT2D eigenvalue weighted by Crippen LogP contribution is -2.62. The lowest BCUT2D eigenvalue weighted by molar-refractivity contribution is -0.138. The maximum Gasteiger partial charge on any atom is 0.315 e. The Morgan fingerprint density at radius 3 is 2.52 bits per heavy atom. The quantitative estimate of drug-likeness (QED) is 0.605. The van der Waals surface area contributed by atoms with Crippen molar-refractivity contribution in [1.29, 1.82) is 0 Å². The van der Waals surface area contributed by atoms with Gasteiger partial charge >= 0.3 is 6.03 Å². The van der Waals surface area contributed by atoms with Crippen molar-refractivity contribution in [2.24, 2.45) is 0 Å². The number of nitrogens with zero attached hydrogens (tertiary/aromatic N) is 4. The van der Waals surface area contributed by atoms with Gasteiger partial charge in [0.15, 0.2) is 0 Å². The molecule has 172 valence electrons. The first-order valence-corrected chi connectivity index (χ1v) is 12.4. The number of nitrogens with one attached hydrogen (secondary N) is 2. The van der Waals surface area contributed by atoms with Crippen LogP contribution in [0.1, 0.15) is 31.2 Å². The van der Waals surface area contributed by atoms with Crippen molar-refractivity contribution < 1.29 is 9.59 Å². The molecule has 0 bridgehead atoms. The Hall–Kier alpha value is -3.20. The summed E-state index contributed by atoms with van der Waals surface area (Å²) in [6.07, 6.45) is 4.87. The number of rotatable bonds is 5. The van der Waals surface area contributed by atoms with Crippen molar-refractivity contribution >= 4 is 39.3 Å². The standard InChI is InChI=1S/C24H28N6O2S/c31-22(24(9-4-5-10-24)28-23(32)25-16-18-6-2-1-3-7-18)30-13-11-29(12-14-30)20-19-8-15-33-21(19)27-17-26-20/h1-3,6-8,15,17H,4-5,9-14,16H2,(H2,25,28,32). The van der Waals surface area contributed by atoms with Crippen molar-refractivity contribution in [3.8, 4) is 0 Å². The Labute approximate surface area is 197 Å². The summed E-state index contributed by atoms with van der Waals surface area (Å²) in [7, 11) is 0. The number of anilines is 1. The predicted octanol–water partition coefficient (Wildman–Crippen LogP) is 3.15. The highest BCUT2D eigenvalue weighted by atomic mass is 32.1. The Morgan fingerprint density at radius 1 is 1.00 bits per heavy atom. The first-order chi connectivity index (χ1) is 16.1. The summed E-state index contributed by atoms with van der Waals surface area (Å²) < 4.78 is 0. The minimum Gasteiger partial charge on any atom is -0.352 e. The third-order valence-electron chi connectivity index (χ3n) is 6.62. The van der Waals surface area contributed by atoms with Crippen molar-refractivity contribution in [2.45, 2.75) is 37.8 Å². The van der Waals surface area contributed by atoms with Crippen LogP contribution in [0.2, 0.25) is 0 Å². The van der Waals surface area contributed by atoms with Crippen LogP contribution in [0.3, 0.4) is 0 Å². The Bertz CT molecular complexity index is 1120. The molecular formula is C24H28N6O2S. The zero-order valence-electron chi connectivity index (χ0n) is 18.5. The molecule has 9 heteroatoms. The molecule has 1 aromatic carbocycles. The van der Waals surface area contributed by atoms with E-state index < -0.39 is 5.54 Å². The summed E-state index contributed by atoms with van der Waals surface area (Å²) in [6.45, 7) is 3.09. The van der Waals surface area contributed by atoms with E-state index in [4.69, 9.17) is 0 Å². The molecule has 0 atom stereocenters. The van der Waals surface area contributed by atoms with Crippen LogP contribution in [0.25, 0.3) is 10.2 Å². The van der Waals surface area contributed by atoms with Gasteiger partial charge in [-0.2, -0.15) is 0 Å². The zero-order chi connectivity index (χ0) is 22.7. The van der Waals surface area contributed by atoms with Crippen LogP contribution in [-0.2, 0) is 11.3 Å². The second kappa shape index (κ2) is 9.35. The van der Waals surface area contributed by atoms with Crippen molar-refractivity contribution in [3.63, 3.8) is 0 Å². The highest BCUT2D eigenvalue weighted by Crippen LogP contribution is 2.33. The summed E-state index contributed by atoms with van der Waals surface area (Å²) in [5.74, 6) is 0.972. The van der Waals surface area contributed by atoms with Gasteiger partial charge in [-0.3, -0.25) is 4.79 Å². The molecule has 3 heterocycles. The molecule has 1 aliphatic carbocycles. The van der Waals surface area contributed by atoms with Crippen molar-refractivity contribution in [3.05, 3.63) is 53.7 Å². The lowest BCUT2D eigenvalue weighted by atomic mass is 9.95. The van der Waals surface area contributed by atoms with Gasteiger partial charge < -0.3 is 20.4 Å². The molecule has 8 nitrogen and oxygen atoms in total. The van der Waals surface area contributed by atoms with E-state index in [0.29, 0.717) is 45.6 Å². The molecular weight excluding hydrogens is 436 g/mol.